The highest BCUT2D eigenvalue weighted by atomic mass is 16.3. The minimum atomic E-state index is -0.0998. The lowest BCUT2D eigenvalue weighted by Crippen LogP contribution is -2.50. The lowest BCUT2D eigenvalue weighted by Gasteiger charge is -2.43. The molecule has 2 rings (SSSR count). The summed E-state index contributed by atoms with van der Waals surface area (Å²) in [6.07, 6.45) is 9.88. The average Bonchev–Trinajstić information content (AvgIpc) is 2.65. The second-order valence-corrected chi connectivity index (χ2v) is 11.1. The van der Waals surface area contributed by atoms with E-state index in [2.05, 4.69) is 57.9 Å². The van der Waals surface area contributed by atoms with Gasteiger partial charge in [-0.3, -0.25) is 9.80 Å². The fraction of sp³-hybridized carbons (Fsp3) is 0.920. The lowest BCUT2D eigenvalue weighted by atomic mass is 9.89. The molecule has 0 radical (unpaired) electrons. The second kappa shape index (κ2) is 12.5. The molecule has 3 N–H and O–H groups in total. The van der Waals surface area contributed by atoms with Crippen LogP contribution in [0.15, 0.2) is 12.7 Å². The summed E-state index contributed by atoms with van der Waals surface area (Å²) in [7, 11) is 0. The highest BCUT2D eigenvalue weighted by molar-refractivity contribution is 4.90. The number of hydrogen-bond donors (Lipinski definition) is 3. The highest BCUT2D eigenvalue weighted by Gasteiger charge is 2.32. The van der Waals surface area contributed by atoms with Gasteiger partial charge in [-0.15, -0.1) is 6.58 Å². The van der Waals surface area contributed by atoms with Crippen molar-refractivity contribution >= 4 is 0 Å². The second-order valence-electron chi connectivity index (χ2n) is 11.1. The fourth-order valence-electron chi connectivity index (χ4n) is 5.02. The Bertz CT molecular complexity index is 468. The van der Waals surface area contributed by atoms with Crippen LogP contribution < -0.4 is 0 Å². The number of β-amino-alcohol motifs (C(OH)–C–C–N with tert-alkyl or cyclic N) is 1. The van der Waals surface area contributed by atoms with Crippen LogP contribution in [0, 0.1) is 0 Å². The smallest absolute Gasteiger partial charge is 0.0558 e. The Morgan fingerprint density at radius 3 is 1.40 bits per heavy atom. The van der Waals surface area contributed by atoms with Crippen molar-refractivity contribution in [2.45, 2.75) is 128 Å². The monoisotopic (exact) mass is 426 g/mol. The maximum absolute atomic E-state index is 9.50. The third kappa shape index (κ3) is 9.35. The van der Waals surface area contributed by atoms with E-state index in [9.17, 15) is 10.2 Å². The Balaban J connectivity index is 0.000000300. The van der Waals surface area contributed by atoms with E-state index in [0.29, 0.717) is 12.1 Å². The van der Waals surface area contributed by atoms with Gasteiger partial charge in [-0.05, 0) is 92.9 Å². The summed E-state index contributed by atoms with van der Waals surface area (Å²) in [5.74, 6) is 0. The van der Waals surface area contributed by atoms with Gasteiger partial charge in [0, 0.05) is 36.3 Å². The predicted octanol–water partition coefficient (Wildman–Crippen LogP) is 3.96. The molecule has 0 unspecified atom stereocenters. The molecule has 30 heavy (non-hydrogen) atoms. The molecule has 0 aromatic carbocycles. The zero-order valence-corrected chi connectivity index (χ0v) is 20.6. The molecule has 0 amide bonds. The zero-order chi connectivity index (χ0) is 22.9. The first kappa shape index (κ1) is 27.6. The van der Waals surface area contributed by atoms with Crippen LogP contribution in [0.4, 0.5) is 0 Å². The van der Waals surface area contributed by atoms with E-state index in [0.717, 1.165) is 64.5 Å². The molecule has 0 bridgehead atoms. The Morgan fingerprint density at radius 1 is 0.733 bits per heavy atom. The Labute approximate surface area is 186 Å². The van der Waals surface area contributed by atoms with Gasteiger partial charge in [-0.1, -0.05) is 6.08 Å². The van der Waals surface area contributed by atoms with Gasteiger partial charge in [0.2, 0.25) is 0 Å². The third-order valence-corrected chi connectivity index (χ3v) is 6.60. The molecule has 2 saturated carbocycles. The number of hydrogen-bond acceptors (Lipinski definition) is 5. The maximum Gasteiger partial charge on any atom is 0.0558 e. The van der Waals surface area contributed by atoms with E-state index in [1.54, 1.807) is 0 Å². The summed E-state index contributed by atoms with van der Waals surface area (Å²) in [4.78, 5) is 4.88. The van der Waals surface area contributed by atoms with Crippen molar-refractivity contribution in [3.8, 4) is 0 Å². The summed E-state index contributed by atoms with van der Waals surface area (Å²) in [5, 5.41) is 28.1. The Hall–Kier alpha value is -0.460. The summed E-state index contributed by atoms with van der Waals surface area (Å²) in [6, 6.07) is 1.15. The highest BCUT2D eigenvalue weighted by Crippen LogP contribution is 2.29. The lowest BCUT2D eigenvalue weighted by molar-refractivity contribution is 0.0162. The number of aliphatic hydroxyl groups excluding tert-OH is 3. The van der Waals surface area contributed by atoms with E-state index in [4.69, 9.17) is 5.11 Å². The number of rotatable bonds is 6. The summed E-state index contributed by atoms with van der Waals surface area (Å²) >= 11 is 0. The van der Waals surface area contributed by atoms with Gasteiger partial charge in [0.25, 0.3) is 0 Å². The fourth-order valence-corrected chi connectivity index (χ4v) is 5.02. The van der Waals surface area contributed by atoms with Crippen LogP contribution >= 0.6 is 0 Å². The van der Waals surface area contributed by atoms with Crippen LogP contribution in [-0.4, -0.2) is 80.2 Å². The first-order chi connectivity index (χ1) is 13.9. The summed E-state index contributed by atoms with van der Waals surface area (Å²) in [5.41, 5.74) is 0.302. The first-order valence-electron chi connectivity index (χ1n) is 12.0. The topological polar surface area (TPSA) is 67.2 Å². The van der Waals surface area contributed by atoms with Crippen molar-refractivity contribution in [3.63, 3.8) is 0 Å². The number of aliphatic hydroxyl groups is 3. The van der Waals surface area contributed by atoms with E-state index in [1.165, 1.54) is 0 Å². The first-order valence-corrected chi connectivity index (χ1v) is 12.0. The molecule has 0 aliphatic heterocycles. The molecule has 0 spiro atoms. The Kier molecular flexibility index (Phi) is 11.5. The van der Waals surface area contributed by atoms with Crippen LogP contribution in [0.1, 0.15) is 92.9 Å². The van der Waals surface area contributed by atoms with Gasteiger partial charge < -0.3 is 15.3 Å². The molecular weight excluding hydrogens is 376 g/mol. The summed E-state index contributed by atoms with van der Waals surface area (Å²) < 4.78 is 0. The Morgan fingerprint density at radius 2 is 1.10 bits per heavy atom. The van der Waals surface area contributed by atoms with Crippen LogP contribution in [-0.2, 0) is 0 Å². The molecular formula is C25H50N2O3. The minimum absolute atomic E-state index is 0.0631. The normalized spacial score (nSPS) is 28.2. The van der Waals surface area contributed by atoms with E-state index < -0.39 is 0 Å². The molecule has 2 aliphatic rings. The quantitative estimate of drug-likeness (QED) is 0.561. The molecule has 0 aromatic rings. The zero-order valence-electron chi connectivity index (χ0n) is 20.6. The van der Waals surface area contributed by atoms with Crippen molar-refractivity contribution < 1.29 is 15.3 Å². The van der Waals surface area contributed by atoms with Gasteiger partial charge >= 0.3 is 0 Å². The standard InChI is InChI=1S/C13H25NO.C12H25NO2/c1-5-10-14(13(2,3)4)11-6-8-12(15)9-7-11;1-12(2,3)13(8-9-14)10-4-6-11(15)7-5-10/h5,11-12,15H,1,6-10H2,2-4H3;10-11,14-15H,4-9H2,1-3H3. The van der Waals surface area contributed by atoms with E-state index in [-0.39, 0.29) is 29.9 Å². The molecule has 0 saturated heterocycles. The van der Waals surface area contributed by atoms with Gasteiger partial charge in [0.05, 0.1) is 18.8 Å². The van der Waals surface area contributed by atoms with Crippen LogP contribution in [0.25, 0.3) is 0 Å². The molecule has 5 nitrogen and oxygen atoms in total. The van der Waals surface area contributed by atoms with E-state index in [1.807, 2.05) is 6.08 Å². The van der Waals surface area contributed by atoms with Gasteiger partial charge in [-0.25, -0.2) is 0 Å². The van der Waals surface area contributed by atoms with Crippen LogP contribution in [0.3, 0.4) is 0 Å². The summed E-state index contributed by atoms with van der Waals surface area (Å²) in [6.45, 7) is 19.1. The maximum atomic E-state index is 9.50. The molecule has 0 aromatic heterocycles. The SMILES string of the molecule is C=CCN(C1CCC(O)CC1)C(C)(C)C.CC(C)(C)N(CCO)C1CCC(O)CC1. The third-order valence-electron chi connectivity index (χ3n) is 6.60. The molecule has 0 heterocycles. The van der Waals surface area contributed by atoms with Crippen molar-refractivity contribution in [2.24, 2.45) is 0 Å². The predicted molar refractivity (Wildman–Crippen MR) is 127 cm³/mol. The van der Waals surface area contributed by atoms with Crippen molar-refractivity contribution in [2.75, 3.05) is 19.7 Å². The van der Waals surface area contributed by atoms with Gasteiger partial charge in [0.1, 0.15) is 0 Å². The number of nitrogens with zero attached hydrogens (tertiary/aromatic N) is 2. The molecule has 2 aliphatic carbocycles. The van der Waals surface area contributed by atoms with Gasteiger partial charge in [0.15, 0.2) is 0 Å². The van der Waals surface area contributed by atoms with Crippen molar-refractivity contribution in [3.05, 3.63) is 12.7 Å². The average molecular weight is 427 g/mol. The van der Waals surface area contributed by atoms with Crippen LogP contribution in [0.5, 0.6) is 0 Å². The van der Waals surface area contributed by atoms with E-state index >= 15 is 0 Å². The van der Waals surface area contributed by atoms with Gasteiger partial charge in [-0.2, -0.15) is 0 Å². The van der Waals surface area contributed by atoms with Crippen molar-refractivity contribution in [1.29, 1.82) is 0 Å². The molecule has 5 heteroatoms. The minimum Gasteiger partial charge on any atom is -0.395 e. The van der Waals surface area contributed by atoms with Crippen LogP contribution in [0.2, 0.25) is 0 Å². The van der Waals surface area contributed by atoms with Crippen molar-refractivity contribution in [1.82, 2.24) is 9.80 Å². The molecule has 0 atom stereocenters. The molecule has 178 valence electrons. The molecule has 2 fully saturated rings. The largest absolute Gasteiger partial charge is 0.395 e.